The first kappa shape index (κ1) is 15.0. The maximum atomic E-state index is 3.76. The second-order valence-electron chi connectivity index (χ2n) is 6.22. The molecule has 3 atom stereocenters. The minimum atomic E-state index is 0.639. The van der Waals surface area contributed by atoms with Crippen molar-refractivity contribution >= 4 is 11.3 Å². The molecule has 0 saturated carbocycles. The van der Waals surface area contributed by atoms with E-state index in [0.717, 1.165) is 19.0 Å². The fraction of sp³-hybridized carbons (Fsp3) is 0.750. The van der Waals surface area contributed by atoms with Gasteiger partial charge in [-0.3, -0.25) is 4.90 Å². The van der Waals surface area contributed by atoms with Crippen molar-refractivity contribution in [3.05, 3.63) is 22.4 Å². The van der Waals surface area contributed by atoms with Crippen LogP contribution in [0.2, 0.25) is 0 Å². The highest BCUT2D eigenvalue weighted by Crippen LogP contribution is 2.23. The van der Waals surface area contributed by atoms with Gasteiger partial charge >= 0.3 is 0 Å². The van der Waals surface area contributed by atoms with Crippen LogP contribution in [0.1, 0.15) is 39.0 Å². The first-order chi connectivity index (χ1) is 9.11. The highest BCUT2D eigenvalue weighted by atomic mass is 32.1. The molecule has 0 spiro atoms. The molecule has 1 aliphatic rings. The quantitative estimate of drug-likeness (QED) is 0.886. The van der Waals surface area contributed by atoms with Crippen LogP contribution < -0.4 is 5.32 Å². The van der Waals surface area contributed by atoms with Crippen LogP contribution in [0.4, 0.5) is 0 Å². The van der Waals surface area contributed by atoms with E-state index in [2.05, 4.69) is 55.4 Å². The zero-order chi connectivity index (χ0) is 13.8. The normalized spacial score (nSPS) is 26.8. The van der Waals surface area contributed by atoms with Gasteiger partial charge in [-0.2, -0.15) is 0 Å². The molecule has 1 aromatic heterocycles. The second kappa shape index (κ2) is 6.87. The van der Waals surface area contributed by atoms with Crippen LogP contribution in [-0.2, 0) is 6.54 Å². The van der Waals surface area contributed by atoms with E-state index in [1.165, 1.54) is 17.8 Å². The molecule has 1 aliphatic heterocycles. The molecule has 0 radical (unpaired) electrons. The van der Waals surface area contributed by atoms with Gasteiger partial charge in [0.15, 0.2) is 0 Å². The van der Waals surface area contributed by atoms with Crippen LogP contribution in [-0.4, -0.2) is 30.1 Å². The summed E-state index contributed by atoms with van der Waals surface area (Å²) in [7, 11) is 0. The van der Waals surface area contributed by atoms with Crippen molar-refractivity contribution < 1.29 is 0 Å². The first-order valence-corrected chi connectivity index (χ1v) is 8.49. The fourth-order valence-corrected chi connectivity index (χ4v) is 3.65. The molecule has 0 amide bonds. The van der Waals surface area contributed by atoms with Crippen molar-refractivity contribution in [1.82, 2.24) is 10.2 Å². The Kier molecular flexibility index (Phi) is 5.43. The smallest absolute Gasteiger partial charge is 0.0332 e. The van der Waals surface area contributed by atoms with Gasteiger partial charge in [0.2, 0.25) is 0 Å². The molecule has 0 aliphatic carbocycles. The summed E-state index contributed by atoms with van der Waals surface area (Å²) in [4.78, 5) is 4.21. The lowest BCUT2D eigenvalue weighted by atomic mass is 9.92. The molecule has 0 bridgehead atoms. The zero-order valence-corrected chi connectivity index (χ0v) is 13.5. The van der Waals surface area contributed by atoms with Gasteiger partial charge in [-0.15, -0.1) is 11.3 Å². The van der Waals surface area contributed by atoms with Gasteiger partial charge in [-0.05, 0) is 23.3 Å². The van der Waals surface area contributed by atoms with Crippen LogP contribution in [0.25, 0.3) is 0 Å². The summed E-state index contributed by atoms with van der Waals surface area (Å²) < 4.78 is 0. The standard InChI is InChI=1S/C16H28N2S/c1-5-13(4)16-9-17-15(12(2)3)11-18(16)10-14-7-6-8-19-14/h6-8,12-13,15-17H,5,9-11H2,1-4H3. The van der Waals surface area contributed by atoms with Crippen molar-refractivity contribution in [1.29, 1.82) is 0 Å². The lowest BCUT2D eigenvalue weighted by Gasteiger charge is -2.44. The lowest BCUT2D eigenvalue weighted by Crippen LogP contribution is -2.59. The van der Waals surface area contributed by atoms with Gasteiger partial charge in [0.1, 0.15) is 0 Å². The third kappa shape index (κ3) is 3.80. The Morgan fingerprint density at radius 2 is 2.21 bits per heavy atom. The van der Waals surface area contributed by atoms with Crippen LogP contribution in [0.5, 0.6) is 0 Å². The Morgan fingerprint density at radius 1 is 1.42 bits per heavy atom. The number of rotatable bonds is 5. The number of hydrogen-bond acceptors (Lipinski definition) is 3. The predicted octanol–water partition coefficient (Wildman–Crippen LogP) is 3.59. The Balaban J connectivity index is 2.06. The molecule has 2 heterocycles. The molecule has 3 unspecified atom stereocenters. The monoisotopic (exact) mass is 280 g/mol. The zero-order valence-electron chi connectivity index (χ0n) is 12.7. The minimum absolute atomic E-state index is 0.639. The molecular formula is C16H28N2S. The Hall–Kier alpha value is -0.380. The highest BCUT2D eigenvalue weighted by Gasteiger charge is 2.31. The van der Waals surface area contributed by atoms with Gasteiger partial charge in [0.25, 0.3) is 0 Å². The Labute approximate surface area is 122 Å². The summed E-state index contributed by atoms with van der Waals surface area (Å²) in [5.74, 6) is 1.48. The average molecular weight is 280 g/mol. The van der Waals surface area contributed by atoms with E-state index in [1.54, 1.807) is 0 Å². The Morgan fingerprint density at radius 3 is 2.79 bits per heavy atom. The van der Waals surface area contributed by atoms with E-state index < -0.39 is 0 Å². The van der Waals surface area contributed by atoms with Crippen molar-refractivity contribution in [2.24, 2.45) is 11.8 Å². The average Bonchev–Trinajstić information content (AvgIpc) is 2.90. The maximum Gasteiger partial charge on any atom is 0.0332 e. The van der Waals surface area contributed by atoms with Crippen LogP contribution in [0, 0.1) is 11.8 Å². The molecule has 0 aromatic carbocycles. The Bertz CT molecular complexity index is 361. The van der Waals surface area contributed by atoms with Crippen LogP contribution in [0.3, 0.4) is 0 Å². The topological polar surface area (TPSA) is 15.3 Å². The lowest BCUT2D eigenvalue weighted by molar-refractivity contribution is 0.0731. The molecule has 1 fully saturated rings. The first-order valence-electron chi connectivity index (χ1n) is 7.61. The summed E-state index contributed by atoms with van der Waals surface area (Å²) in [6.07, 6.45) is 1.26. The van der Waals surface area contributed by atoms with E-state index in [9.17, 15) is 0 Å². The van der Waals surface area contributed by atoms with Crippen LogP contribution >= 0.6 is 11.3 Å². The van der Waals surface area contributed by atoms with Gasteiger partial charge in [0.05, 0.1) is 0 Å². The predicted molar refractivity (Wildman–Crippen MR) is 84.6 cm³/mol. The van der Waals surface area contributed by atoms with Gasteiger partial charge in [-0.25, -0.2) is 0 Å². The molecule has 1 saturated heterocycles. The summed E-state index contributed by atoms with van der Waals surface area (Å²) in [6.45, 7) is 12.8. The molecule has 19 heavy (non-hydrogen) atoms. The van der Waals surface area contributed by atoms with Crippen molar-refractivity contribution in [3.8, 4) is 0 Å². The van der Waals surface area contributed by atoms with Gasteiger partial charge in [0, 0.05) is 36.6 Å². The minimum Gasteiger partial charge on any atom is -0.311 e. The van der Waals surface area contributed by atoms with E-state index in [-0.39, 0.29) is 0 Å². The molecule has 2 nitrogen and oxygen atoms in total. The summed E-state index contributed by atoms with van der Waals surface area (Å²) in [6, 6.07) is 5.76. The molecule has 1 N–H and O–H groups in total. The van der Waals surface area contributed by atoms with Crippen LogP contribution in [0.15, 0.2) is 17.5 Å². The molecule has 108 valence electrons. The number of nitrogens with one attached hydrogen (secondary N) is 1. The van der Waals surface area contributed by atoms with Gasteiger partial charge < -0.3 is 5.32 Å². The SMILES string of the molecule is CCC(C)C1CNC(C(C)C)CN1Cc1cccs1. The number of thiophene rings is 1. The molecule has 3 heteroatoms. The summed E-state index contributed by atoms with van der Waals surface area (Å²) in [5, 5.41) is 5.95. The van der Waals surface area contributed by atoms with Crippen molar-refractivity contribution in [2.75, 3.05) is 13.1 Å². The third-order valence-electron chi connectivity index (χ3n) is 4.53. The van der Waals surface area contributed by atoms with E-state index >= 15 is 0 Å². The van der Waals surface area contributed by atoms with Gasteiger partial charge in [-0.1, -0.05) is 40.2 Å². The fourth-order valence-electron chi connectivity index (χ4n) is 2.92. The highest BCUT2D eigenvalue weighted by molar-refractivity contribution is 7.09. The number of nitrogens with zero attached hydrogens (tertiary/aromatic N) is 1. The summed E-state index contributed by atoms with van der Waals surface area (Å²) in [5.41, 5.74) is 0. The maximum absolute atomic E-state index is 3.76. The van der Waals surface area contributed by atoms with E-state index in [1.807, 2.05) is 11.3 Å². The molecular weight excluding hydrogens is 252 g/mol. The largest absolute Gasteiger partial charge is 0.311 e. The number of piperazine rings is 1. The third-order valence-corrected chi connectivity index (χ3v) is 5.40. The van der Waals surface area contributed by atoms with E-state index in [4.69, 9.17) is 0 Å². The summed E-state index contributed by atoms with van der Waals surface area (Å²) >= 11 is 1.89. The van der Waals surface area contributed by atoms with E-state index in [0.29, 0.717) is 18.0 Å². The molecule has 2 rings (SSSR count). The second-order valence-corrected chi connectivity index (χ2v) is 7.25. The van der Waals surface area contributed by atoms with Crippen molar-refractivity contribution in [2.45, 2.75) is 52.7 Å². The van der Waals surface area contributed by atoms with Crippen molar-refractivity contribution in [3.63, 3.8) is 0 Å². The molecule has 1 aromatic rings. The number of hydrogen-bond donors (Lipinski definition) is 1.